The van der Waals surface area contributed by atoms with Gasteiger partial charge in [0.2, 0.25) is 0 Å². The number of nitrogens with zero attached hydrogens (tertiary/aromatic N) is 2. The Morgan fingerprint density at radius 1 is 1.08 bits per heavy atom. The van der Waals surface area contributed by atoms with Crippen molar-refractivity contribution < 1.29 is 13.3 Å². The number of aromatic nitrogens is 1. The molecule has 0 saturated carbocycles. The van der Waals surface area contributed by atoms with Crippen molar-refractivity contribution in [3.05, 3.63) is 68.5 Å². The molecule has 0 radical (unpaired) electrons. The first-order valence-corrected chi connectivity index (χ1v) is 9.99. The number of anilines is 1. The Morgan fingerprint density at radius 2 is 1.72 bits per heavy atom. The number of halogens is 1. The summed E-state index contributed by atoms with van der Waals surface area (Å²) in [6.07, 6.45) is 0. The van der Waals surface area contributed by atoms with Crippen molar-refractivity contribution in [3.8, 4) is 11.3 Å². The fourth-order valence-electron chi connectivity index (χ4n) is 1.99. The summed E-state index contributed by atoms with van der Waals surface area (Å²) in [4.78, 5) is 14.3. The Labute approximate surface area is 155 Å². The number of sulfonamides is 1. The van der Waals surface area contributed by atoms with Crippen molar-refractivity contribution in [1.82, 2.24) is 4.98 Å². The number of non-ortho nitro benzene ring substituents is 1. The van der Waals surface area contributed by atoms with Gasteiger partial charge >= 0.3 is 0 Å². The van der Waals surface area contributed by atoms with Crippen LogP contribution in [0.4, 0.5) is 10.8 Å². The lowest BCUT2D eigenvalue weighted by atomic mass is 10.2. The predicted molar refractivity (Wildman–Crippen MR) is 99.2 cm³/mol. The molecule has 0 saturated heterocycles. The van der Waals surface area contributed by atoms with Crippen molar-refractivity contribution in [2.45, 2.75) is 4.90 Å². The summed E-state index contributed by atoms with van der Waals surface area (Å²) in [5.41, 5.74) is 1.34. The summed E-state index contributed by atoms with van der Waals surface area (Å²) < 4.78 is 28.0. The van der Waals surface area contributed by atoms with E-state index in [-0.39, 0.29) is 15.7 Å². The van der Waals surface area contributed by atoms with Gasteiger partial charge < -0.3 is 0 Å². The highest BCUT2D eigenvalue weighted by Crippen LogP contribution is 2.27. The van der Waals surface area contributed by atoms with Gasteiger partial charge in [-0.3, -0.25) is 14.8 Å². The first kappa shape index (κ1) is 17.5. The number of nitro benzene ring substituents is 1. The minimum absolute atomic E-state index is 0.0708. The van der Waals surface area contributed by atoms with Gasteiger partial charge in [0.15, 0.2) is 5.13 Å². The van der Waals surface area contributed by atoms with Crippen LogP contribution >= 0.6 is 27.3 Å². The van der Waals surface area contributed by atoms with E-state index in [4.69, 9.17) is 0 Å². The van der Waals surface area contributed by atoms with Gasteiger partial charge in [0.05, 0.1) is 15.5 Å². The quantitative estimate of drug-likeness (QED) is 0.471. The molecule has 2 aromatic carbocycles. The van der Waals surface area contributed by atoms with E-state index in [0.717, 1.165) is 33.5 Å². The summed E-state index contributed by atoms with van der Waals surface area (Å²) in [5.74, 6) is 0. The van der Waals surface area contributed by atoms with Gasteiger partial charge in [-0.05, 0) is 24.3 Å². The van der Waals surface area contributed by atoms with E-state index in [9.17, 15) is 18.5 Å². The van der Waals surface area contributed by atoms with E-state index in [0.29, 0.717) is 5.69 Å². The predicted octanol–water partition coefficient (Wildman–Crippen LogP) is 4.28. The average molecular weight is 440 g/mol. The zero-order valence-electron chi connectivity index (χ0n) is 12.4. The minimum Gasteiger partial charge on any atom is -0.258 e. The Hall–Kier alpha value is -2.30. The summed E-state index contributed by atoms with van der Waals surface area (Å²) in [6.45, 7) is 0. The van der Waals surface area contributed by atoms with Gasteiger partial charge in [-0.25, -0.2) is 13.4 Å². The first-order chi connectivity index (χ1) is 11.8. The third kappa shape index (κ3) is 4.03. The van der Waals surface area contributed by atoms with E-state index in [2.05, 4.69) is 25.6 Å². The third-order valence-electron chi connectivity index (χ3n) is 3.22. The molecule has 1 N–H and O–H groups in total. The summed E-state index contributed by atoms with van der Waals surface area (Å²) in [7, 11) is -3.86. The van der Waals surface area contributed by atoms with Crippen LogP contribution in [0.1, 0.15) is 0 Å². The zero-order valence-corrected chi connectivity index (χ0v) is 15.6. The number of hydrogen-bond acceptors (Lipinski definition) is 6. The molecule has 3 rings (SSSR count). The van der Waals surface area contributed by atoms with Crippen molar-refractivity contribution in [2.75, 3.05) is 4.72 Å². The van der Waals surface area contributed by atoms with E-state index in [1.807, 2.05) is 24.3 Å². The second kappa shape index (κ2) is 6.90. The summed E-state index contributed by atoms with van der Waals surface area (Å²) in [5, 5.41) is 12.6. The van der Waals surface area contributed by atoms with Crippen LogP contribution in [0.15, 0.2) is 63.3 Å². The Morgan fingerprint density at radius 3 is 2.32 bits per heavy atom. The molecule has 0 unspecified atom stereocenters. The van der Waals surface area contributed by atoms with Crippen LogP contribution in [0.25, 0.3) is 11.3 Å². The lowest BCUT2D eigenvalue weighted by Gasteiger charge is -2.04. The molecule has 3 aromatic rings. The van der Waals surface area contributed by atoms with Crippen LogP contribution in [0, 0.1) is 10.1 Å². The van der Waals surface area contributed by atoms with Crippen molar-refractivity contribution in [1.29, 1.82) is 0 Å². The number of thiazole rings is 1. The molecule has 128 valence electrons. The molecule has 0 aliphatic rings. The number of hydrogen-bond donors (Lipinski definition) is 1. The van der Waals surface area contributed by atoms with Gasteiger partial charge in [0.25, 0.3) is 15.7 Å². The molecule has 0 spiro atoms. The topological polar surface area (TPSA) is 102 Å². The number of benzene rings is 2. The average Bonchev–Trinajstić information content (AvgIpc) is 3.03. The maximum atomic E-state index is 12.4. The van der Waals surface area contributed by atoms with E-state index in [1.165, 1.54) is 12.1 Å². The molecule has 10 heteroatoms. The zero-order chi connectivity index (χ0) is 18.0. The molecular formula is C15H10BrN3O4S2. The number of nitro groups is 1. The molecule has 0 aliphatic heterocycles. The second-order valence-electron chi connectivity index (χ2n) is 4.90. The van der Waals surface area contributed by atoms with Crippen LogP contribution in [0.3, 0.4) is 0 Å². The van der Waals surface area contributed by atoms with Crippen LogP contribution in [0.5, 0.6) is 0 Å². The van der Waals surface area contributed by atoms with Crippen LogP contribution in [0.2, 0.25) is 0 Å². The minimum atomic E-state index is -3.86. The van der Waals surface area contributed by atoms with Gasteiger partial charge in [-0.2, -0.15) is 0 Å². The number of nitrogens with one attached hydrogen (secondary N) is 1. The fraction of sp³-hybridized carbons (Fsp3) is 0. The Bertz CT molecular complexity index is 1020. The molecule has 0 atom stereocenters. The molecule has 7 nitrogen and oxygen atoms in total. The van der Waals surface area contributed by atoms with Gasteiger partial charge in [-0.1, -0.05) is 28.1 Å². The standard InChI is InChI=1S/C15H10BrN3O4S2/c16-11-3-1-10(2-4-11)14-9-24-15(17-14)18-25(22,23)13-7-5-12(6-8-13)19(20)21/h1-9H,(H,17,18). The van der Waals surface area contributed by atoms with Crippen LogP contribution in [-0.4, -0.2) is 18.3 Å². The molecule has 1 heterocycles. The Kier molecular flexibility index (Phi) is 4.84. The SMILES string of the molecule is O=[N+]([O-])c1ccc(S(=O)(=O)Nc2nc(-c3ccc(Br)cc3)cs2)cc1. The van der Waals surface area contributed by atoms with E-state index < -0.39 is 14.9 Å². The van der Waals surface area contributed by atoms with Crippen LogP contribution < -0.4 is 4.72 Å². The molecule has 0 fully saturated rings. The van der Waals surface area contributed by atoms with Crippen molar-refractivity contribution in [2.24, 2.45) is 0 Å². The Balaban J connectivity index is 1.81. The molecule has 25 heavy (non-hydrogen) atoms. The lowest BCUT2D eigenvalue weighted by molar-refractivity contribution is -0.384. The monoisotopic (exact) mass is 439 g/mol. The van der Waals surface area contributed by atoms with Crippen molar-refractivity contribution >= 4 is 48.1 Å². The van der Waals surface area contributed by atoms with E-state index in [1.54, 1.807) is 5.38 Å². The summed E-state index contributed by atoms with van der Waals surface area (Å²) >= 11 is 4.51. The molecule has 0 aliphatic carbocycles. The van der Waals surface area contributed by atoms with Gasteiger partial charge in [0.1, 0.15) is 0 Å². The molecule has 1 aromatic heterocycles. The maximum Gasteiger partial charge on any atom is 0.269 e. The first-order valence-electron chi connectivity index (χ1n) is 6.84. The molecule has 0 bridgehead atoms. The largest absolute Gasteiger partial charge is 0.269 e. The highest BCUT2D eigenvalue weighted by atomic mass is 79.9. The highest BCUT2D eigenvalue weighted by Gasteiger charge is 2.18. The fourth-order valence-corrected chi connectivity index (χ4v) is 4.23. The molecule has 0 amide bonds. The highest BCUT2D eigenvalue weighted by molar-refractivity contribution is 9.10. The van der Waals surface area contributed by atoms with Crippen molar-refractivity contribution in [3.63, 3.8) is 0 Å². The third-order valence-corrected chi connectivity index (χ3v) is 5.99. The normalized spacial score (nSPS) is 11.2. The van der Waals surface area contributed by atoms with Gasteiger partial charge in [0, 0.05) is 27.5 Å². The second-order valence-corrected chi connectivity index (χ2v) is 8.36. The number of rotatable bonds is 5. The maximum absolute atomic E-state index is 12.4. The van der Waals surface area contributed by atoms with Crippen LogP contribution in [-0.2, 0) is 10.0 Å². The van der Waals surface area contributed by atoms with Gasteiger partial charge in [-0.15, -0.1) is 11.3 Å². The smallest absolute Gasteiger partial charge is 0.258 e. The summed E-state index contributed by atoms with van der Waals surface area (Å²) in [6, 6.07) is 12.1. The lowest BCUT2D eigenvalue weighted by Crippen LogP contribution is -2.12. The molecular weight excluding hydrogens is 430 g/mol. The van der Waals surface area contributed by atoms with E-state index >= 15 is 0 Å².